The molecule has 1 aromatic carbocycles. The van der Waals surface area contributed by atoms with Gasteiger partial charge in [-0.1, -0.05) is 6.07 Å². The third-order valence-electron chi connectivity index (χ3n) is 6.84. The summed E-state index contributed by atoms with van der Waals surface area (Å²) < 4.78 is 7.26. The fraction of sp³-hybridized carbons (Fsp3) is 0.333. The minimum absolute atomic E-state index is 0.0451. The number of hydrogen-bond donors (Lipinski definition) is 0. The first-order chi connectivity index (χ1) is 16.9. The molecule has 0 N–H and O–H groups in total. The van der Waals surface area contributed by atoms with E-state index in [4.69, 9.17) is 4.74 Å². The van der Waals surface area contributed by atoms with Crippen LogP contribution in [0.1, 0.15) is 33.9 Å². The van der Waals surface area contributed by atoms with Crippen molar-refractivity contribution in [2.24, 2.45) is 7.05 Å². The summed E-state index contributed by atoms with van der Waals surface area (Å²) in [5.74, 6) is 0.809. The van der Waals surface area contributed by atoms with Crippen LogP contribution in [-0.2, 0) is 31.2 Å². The number of thiazole rings is 1. The van der Waals surface area contributed by atoms with Crippen molar-refractivity contribution >= 4 is 28.1 Å². The number of amides is 1. The maximum atomic E-state index is 13.4. The Bertz CT molecular complexity index is 1500. The van der Waals surface area contributed by atoms with Gasteiger partial charge in [0.1, 0.15) is 11.3 Å². The predicted octanol–water partition coefficient (Wildman–Crippen LogP) is 4.20. The van der Waals surface area contributed by atoms with Crippen LogP contribution in [0.2, 0.25) is 0 Å². The first-order valence-electron chi connectivity index (χ1n) is 11.7. The quantitative estimate of drug-likeness (QED) is 0.421. The van der Waals surface area contributed by atoms with E-state index in [9.17, 15) is 9.59 Å². The number of carbonyl (C=O) groups excluding carboxylic acids is 1. The molecule has 7 nitrogen and oxygen atoms in total. The lowest BCUT2D eigenvalue weighted by Gasteiger charge is -2.30. The number of carbonyl (C=O) groups is 1. The summed E-state index contributed by atoms with van der Waals surface area (Å²) in [5.41, 5.74) is 7.84. The molecule has 0 atom stereocenters. The lowest BCUT2D eigenvalue weighted by molar-refractivity contribution is -0.132. The van der Waals surface area contributed by atoms with Crippen molar-refractivity contribution in [2.45, 2.75) is 39.7 Å². The van der Waals surface area contributed by atoms with Gasteiger partial charge in [-0.3, -0.25) is 9.59 Å². The summed E-state index contributed by atoms with van der Waals surface area (Å²) in [7, 11) is 3.45. The molecule has 0 fully saturated rings. The maximum Gasteiger partial charge on any atom is 0.258 e. The van der Waals surface area contributed by atoms with Crippen LogP contribution in [0.25, 0.3) is 22.0 Å². The summed E-state index contributed by atoms with van der Waals surface area (Å²) in [6.07, 6.45) is 1.84. The lowest BCUT2D eigenvalue weighted by Crippen LogP contribution is -2.39. The highest BCUT2D eigenvalue weighted by atomic mass is 32.1. The second-order valence-corrected chi connectivity index (χ2v) is 9.92. The SMILES string of the molecule is COc1ccc(-c2cc3c(n(C)c2=O)CCN(C(=O)CCc2scnc2C)C3)c2ccc(C)nc12. The zero-order valence-electron chi connectivity index (χ0n) is 20.4. The van der Waals surface area contributed by atoms with Gasteiger partial charge in [-0.15, -0.1) is 11.3 Å². The Morgan fingerprint density at radius 2 is 2.00 bits per heavy atom. The Morgan fingerprint density at radius 3 is 2.74 bits per heavy atom. The Balaban J connectivity index is 1.49. The number of aromatic nitrogens is 3. The lowest BCUT2D eigenvalue weighted by atomic mass is 9.96. The largest absolute Gasteiger partial charge is 0.494 e. The topological polar surface area (TPSA) is 77.3 Å². The molecular weight excluding hydrogens is 460 g/mol. The van der Waals surface area contributed by atoms with E-state index in [0.29, 0.717) is 43.7 Å². The molecule has 8 heteroatoms. The first-order valence-corrected chi connectivity index (χ1v) is 12.6. The maximum absolute atomic E-state index is 13.4. The van der Waals surface area contributed by atoms with Crippen molar-refractivity contribution < 1.29 is 9.53 Å². The van der Waals surface area contributed by atoms with Crippen LogP contribution in [0.4, 0.5) is 0 Å². The minimum Gasteiger partial charge on any atom is -0.494 e. The highest BCUT2D eigenvalue weighted by Gasteiger charge is 2.25. The van der Waals surface area contributed by atoms with E-state index in [2.05, 4.69) is 9.97 Å². The normalized spacial score (nSPS) is 13.2. The molecule has 180 valence electrons. The van der Waals surface area contributed by atoms with E-state index >= 15 is 0 Å². The highest BCUT2D eigenvalue weighted by molar-refractivity contribution is 7.09. The number of aryl methyl sites for hydroxylation is 3. The smallest absolute Gasteiger partial charge is 0.258 e. The van der Waals surface area contributed by atoms with Gasteiger partial charge in [-0.25, -0.2) is 9.97 Å². The molecule has 0 bridgehead atoms. The minimum atomic E-state index is -0.0451. The molecule has 0 spiro atoms. The van der Waals surface area contributed by atoms with Crippen molar-refractivity contribution in [2.75, 3.05) is 13.7 Å². The summed E-state index contributed by atoms with van der Waals surface area (Å²) >= 11 is 1.60. The molecule has 0 saturated carbocycles. The number of ether oxygens (including phenoxy) is 1. The van der Waals surface area contributed by atoms with Gasteiger partial charge in [0.25, 0.3) is 5.56 Å². The molecule has 0 saturated heterocycles. The van der Waals surface area contributed by atoms with Gasteiger partial charge < -0.3 is 14.2 Å². The van der Waals surface area contributed by atoms with Crippen molar-refractivity contribution in [3.8, 4) is 16.9 Å². The van der Waals surface area contributed by atoms with Gasteiger partial charge in [0, 0.05) is 60.2 Å². The fourth-order valence-electron chi connectivity index (χ4n) is 4.87. The van der Waals surface area contributed by atoms with Crippen molar-refractivity contribution in [3.63, 3.8) is 0 Å². The Morgan fingerprint density at radius 1 is 1.17 bits per heavy atom. The average molecular weight is 489 g/mol. The number of pyridine rings is 2. The van der Waals surface area contributed by atoms with Crippen LogP contribution < -0.4 is 10.3 Å². The van der Waals surface area contributed by atoms with Crippen LogP contribution in [0.3, 0.4) is 0 Å². The van der Waals surface area contributed by atoms with E-state index in [1.54, 1.807) is 23.0 Å². The molecule has 1 amide bonds. The van der Waals surface area contributed by atoms with Gasteiger partial charge >= 0.3 is 0 Å². The monoisotopic (exact) mass is 488 g/mol. The molecule has 4 heterocycles. The van der Waals surface area contributed by atoms with Gasteiger partial charge in [-0.2, -0.15) is 0 Å². The predicted molar refractivity (Wildman–Crippen MR) is 138 cm³/mol. The summed E-state index contributed by atoms with van der Waals surface area (Å²) in [4.78, 5) is 38.4. The summed E-state index contributed by atoms with van der Waals surface area (Å²) in [6, 6.07) is 9.68. The molecule has 4 aromatic rings. The van der Waals surface area contributed by atoms with Crippen molar-refractivity contribution in [3.05, 3.63) is 73.7 Å². The van der Waals surface area contributed by atoms with Crippen molar-refractivity contribution in [1.29, 1.82) is 0 Å². The number of nitrogens with zero attached hydrogens (tertiary/aromatic N) is 4. The fourth-order valence-corrected chi connectivity index (χ4v) is 5.65. The molecule has 0 aliphatic carbocycles. The van der Waals surface area contributed by atoms with E-state index < -0.39 is 0 Å². The Labute approximate surface area is 208 Å². The number of fused-ring (bicyclic) bond motifs is 2. The first kappa shape index (κ1) is 23.2. The second-order valence-electron chi connectivity index (χ2n) is 8.98. The van der Waals surface area contributed by atoms with Crippen LogP contribution in [0, 0.1) is 13.8 Å². The van der Waals surface area contributed by atoms with Crippen LogP contribution in [0.5, 0.6) is 5.75 Å². The van der Waals surface area contributed by atoms with Crippen LogP contribution in [-0.4, -0.2) is 39.0 Å². The zero-order chi connectivity index (χ0) is 24.7. The average Bonchev–Trinajstić information content (AvgIpc) is 3.28. The molecule has 5 rings (SSSR count). The number of methoxy groups -OCH3 is 1. The standard InChI is InChI=1S/C27H28N4O3S/c1-16-5-6-20-19(7-8-23(34-4)26(20)29-16)21-13-18-14-31(12-11-22(18)30(3)27(21)33)25(32)10-9-24-17(2)28-15-35-24/h5-8,13,15H,9-12,14H2,1-4H3. The molecule has 3 aromatic heterocycles. The van der Waals surface area contributed by atoms with Gasteiger partial charge in [-0.05, 0) is 55.7 Å². The van der Waals surface area contributed by atoms with E-state index in [-0.39, 0.29) is 11.5 Å². The van der Waals surface area contributed by atoms with E-state index in [1.807, 2.05) is 61.6 Å². The third kappa shape index (κ3) is 4.23. The highest BCUT2D eigenvalue weighted by Crippen LogP contribution is 2.33. The molecule has 1 aliphatic rings. The van der Waals surface area contributed by atoms with E-state index in [0.717, 1.165) is 44.0 Å². The summed E-state index contributed by atoms with van der Waals surface area (Å²) in [5, 5.41) is 0.871. The number of hydrogen-bond acceptors (Lipinski definition) is 6. The van der Waals surface area contributed by atoms with Gasteiger partial charge in [0.15, 0.2) is 0 Å². The summed E-state index contributed by atoms with van der Waals surface area (Å²) in [6.45, 7) is 5.04. The molecular formula is C27H28N4O3S. The van der Waals surface area contributed by atoms with Gasteiger partial charge in [0.05, 0.1) is 18.3 Å². The number of benzene rings is 1. The van der Waals surface area contributed by atoms with E-state index in [1.165, 1.54) is 0 Å². The molecule has 35 heavy (non-hydrogen) atoms. The number of rotatable bonds is 5. The Kier molecular flexibility index (Phi) is 6.15. The Hall–Kier alpha value is -3.52. The second kappa shape index (κ2) is 9.26. The molecule has 0 unspecified atom stereocenters. The molecule has 1 aliphatic heterocycles. The third-order valence-corrected chi connectivity index (χ3v) is 7.84. The van der Waals surface area contributed by atoms with Crippen LogP contribution in [0.15, 0.2) is 40.6 Å². The van der Waals surface area contributed by atoms with Crippen molar-refractivity contribution in [1.82, 2.24) is 19.4 Å². The molecule has 0 radical (unpaired) electrons. The van der Waals surface area contributed by atoms with Gasteiger partial charge in [0.2, 0.25) is 5.91 Å². The zero-order valence-corrected chi connectivity index (χ0v) is 21.2. The van der Waals surface area contributed by atoms with Crippen LogP contribution >= 0.6 is 11.3 Å².